The maximum absolute atomic E-state index is 13.7. The second-order valence-corrected chi connectivity index (χ2v) is 3.73. The number of hydrogen-bond donors (Lipinski definition) is 0. The largest absolute Gasteiger partial charge is 0.388 e. The Morgan fingerprint density at radius 1 is 1.32 bits per heavy atom. The minimum absolute atomic E-state index is 0.0649. The standard InChI is InChI=1S/C11H5F4NO3/c1-4-2-3-5(12)6-8(4)16(14)10(13)7(9(6)17)11(18)19-15/h2-3H,1H3. The summed E-state index contributed by atoms with van der Waals surface area (Å²) in [4.78, 5) is 24.7. The van der Waals surface area contributed by atoms with Gasteiger partial charge in [0.25, 0.3) is 0 Å². The van der Waals surface area contributed by atoms with Gasteiger partial charge in [0, 0.05) is 4.53 Å². The normalized spacial score (nSPS) is 10.8. The van der Waals surface area contributed by atoms with E-state index in [0.717, 1.165) is 12.1 Å². The first-order chi connectivity index (χ1) is 8.90. The zero-order valence-electron chi connectivity index (χ0n) is 9.34. The van der Waals surface area contributed by atoms with Crippen molar-refractivity contribution in [3.05, 3.63) is 45.2 Å². The smallest absolute Gasteiger partial charge is 0.288 e. The van der Waals surface area contributed by atoms with Crippen LogP contribution >= 0.6 is 0 Å². The highest BCUT2D eigenvalue weighted by atomic mass is 19.3. The minimum Gasteiger partial charge on any atom is -0.288 e. The number of fused-ring (bicyclic) bond motifs is 1. The van der Waals surface area contributed by atoms with Gasteiger partial charge in [-0.25, -0.2) is 14.1 Å². The van der Waals surface area contributed by atoms with Gasteiger partial charge in [0.15, 0.2) is 5.56 Å². The molecule has 0 N–H and O–H groups in total. The molecule has 0 saturated carbocycles. The number of aromatic nitrogens is 1. The SMILES string of the molecule is Cc1ccc(F)c2c(=O)c(C(=O)OF)c(F)n(F)c12. The zero-order chi connectivity index (χ0) is 14.3. The van der Waals surface area contributed by atoms with E-state index in [4.69, 9.17) is 0 Å². The van der Waals surface area contributed by atoms with E-state index in [0.29, 0.717) is 0 Å². The Bertz CT molecular complexity index is 754. The molecule has 4 nitrogen and oxygen atoms in total. The van der Waals surface area contributed by atoms with Crippen LogP contribution in [0.3, 0.4) is 0 Å². The van der Waals surface area contributed by atoms with Crippen molar-refractivity contribution in [2.75, 3.05) is 0 Å². The number of carbonyl (C=O) groups is 1. The molecule has 0 amide bonds. The molecular weight excluding hydrogens is 270 g/mol. The summed E-state index contributed by atoms with van der Waals surface area (Å²) in [6.45, 7) is 1.31. The van der Waals surface area contributed by atoms with Crippen molar-refractivity contribution in [2.24, 2.45) is 0 Å². The zero-order valence-corrected chi connectivity index (χ0v) is 9.34. The lowest BCUT2D eigenvalue weighted by Crippen LogP contribution is -2.23. The van der Waals surface area contributed by atoms with Gasteiger partial charge >= 0.3 is 5.97 Å². The molecule has 100 valence electrons. The first kappa shape index (κ1) is 13.1. The molecule has 0 spiro atoms. The van der Waals surface area contributed by atoms with Crippen molar-refractivity contribution in [3.8, 4) is 0 Å². The van der Waals surface area contributed by atoms with E-state index in [1.807, 2.05) is 0 Å². The maximum atomic E-state index is 13.7. The number of halogens is 4. The number of benzene rings is 1. The lowest BCUT2D eigenvalue weighted by Gasteiger charge is -2.08. The van der Waals surface area contributed by atoms with Crippen LogP contribution in [0.4, 0.5) is 17.8 Å². The van der Waals surface area contributed by atoms with Crippen LogP contribution in [-0.2, 0) is 4.94 Å². The molecule has 0 radical (unpaired) electrons. The lowest BCUT2D eigenvalue weighted by molar-refractivity contribution is -0.0795. The summed E-state index contributed by atoms with van der Waals surface area (Å²) >= 11 is 0. The molecular formula is C11H5F4NO3. The maximum Gasteiger partial charge on any atom is 0.388 e. The van der Waals surface area contributed by atoms with E-state index in [1.165, 1.54) is 6.92 Å². The Morgan fingerprint density at radius 3 is 2.53 bits per heavy atom. The van der Waals surface area contributed by atoms with Crippen LogP contribution in [0.15, 0.2) is 16.9 Å². The fraction of sp³-hybridized carbons (Fsp3) is 0.0909. The van der Waals surface area contributed by atoms with Gasteiger partial charge in [0.1, 0.15) is 5.82 Å². The van der Waals surface area contributed by atoms with Crippen molar-refractivity contribution < 1.29 is 27.5 Å². The molecule has 0 atom stereocenters. The summed E-state index contributed by atoms with van der Waals surface area (Å²) in [5, 5.41) is -0.857. The van der Waals surface area contributed by atoms with Crippen LogP contribution in [0.2, 0.25) is 0 Å². The van der Waals surface area contributed by atoms with Crippen molar-refractivity contribution in [2.45, 2.75) is 6.92 Å². The molecule has 0 fully saturated rings. The fourth-order valence-corrected chi connectivity index (χ4v) is 1.77. The molecule has 1 heterocycles. The van der Waals surface area contributed by atoms with E-state index in [9.17, 15) is 27.4 Å². The van der Waals surface area contributed by atoms with Crippen molar-refractivity contribution in [1.29, 1.82) is 0 Å². The van der Waals surface area contributed by atoms with E-state index >= 15 is 0 Å². The third kappa shape index (κ3) is 1.76. The fourth-order valence-electron chi connectivity index (χ4n) is 1.77. The summed E-state index contributed by atoms with van der Waals surface area (Å²) in [5.74, 6) is -5.14. The second-order valence-electron chi connectivity index (χ2n) is 3.73. The van der Waals surface area contributed by atoms with Gasteiger partial charge in [-0.3, -0.25) is 4.79 Å². The molecule has 0 bridgehead atoms. The number of aryl methyl sites for hydroxylation is 1. The quantitative estimate of drug-likeness (QED) is 0.593. The van der Waals surface area contributed by atoms with Crippen molar-refractivity contribution in [1.82, 2.24) is 4.79 Å². The molecule has 8 heteroatoms. The Balaban J connectivity index is 3.10. The highest BCUT2D eigenvalue weighted by Crippen LogP contribution is 2.22. The topological polar surface area (TPSA) is 48.3 Å². The van der Waals surface area contributed by atoms with Gasteiger partial charge in [-0.05, 0) is 18.6 Å². The Kier molecular flexibility index (Phi) is 3.01. The molecule has 0 aliphatic heterocycles. The summed E-state index contributed by atoms with van der Waals surface area (Å²) in [6, 6.07) is 1.97. The summed E-state index contributed by atoms with van der Waals surface area (Å²) in [7, 11) is 0. The summed E-state index contributed by atoms with van der Waals surface area (Å²) in [5.41, 5.74) is -3.62. The Labute approximate surface area is 102 Å². The van der Waals surface area contributed by atoms with E-state index < -0.39 is 44.4 Å². The summed E-state index contributed by atoms with van der Waals surface area (Å²) < 4.78 is 52.5. The molecule has 0 saturated heterocycles. The molecule has 1 aromatic heterocycles. The van der Waals surface area contributed by atoms with Gasteiger partial charge in [0.05, 0.1) is 10.9 Å². The third-order valence-electron chi connectivity index (χ3n) is 2.63. The Hall–Kier alpha value is -2.38. The molecule has 0 unspecified atom stereocenters. The predicted molar refractivity (Wildman–Crippen MR) is 55.9 cm³/mol. The van der Waals surface area contributed by atoms with Crippen LogP contribution in [0.1, 0.15) is 15.9 Å². The first-order valence-corrected chi connectivity index (χ1v) is 4.92. The number of rotatable bonds is 1. The molecule has 0 aliphatic rings. The van der Waals surface area contributed by atoms with Gasteiger partial charge in [-0.2, -0.15) is 4.39 Å². The van der Waals surface area contributed by atoms with Gasteiger partial charge < -0.3 is 0 Å². The monoisotopic (exact) mass is 275 g/mol. The number of hydrogen-bond acceptors (Lipinski definition) is 3. The Morgan fingerprint density at radius 2 is 1.95 bits per heavy atom. The van der Waals surface area contributed by atoms with Crippen molar-refractivity contribution >= 4 is 16.9 Å². The van der Waals surface area contributed by atoms with Gasteiger partial charge in [-0.1, -0.05) is 10.5 Å². The van der Waals surface area contributed by atoms with Crippen LogP contribution < -0.4 is 5.43 Å². The van der Waals surface area contributed by atoms with E-state index in [2.05, 4.69) is 4.94 Å². The number of nitrogens with zero attached hydrogens (tertiary/aromatic N) is 1. The van der Waals surface area contributed by atoms with E-state index in [-0.39, 0.29) is 5.56 Å². The number of pyridine rings is 1. The highest BCUT2D eigenvalue weighted by Gasteiger charge is 2.27. The predicted octanol–water partition coefficient (Wildman–Crippen LogP) is 2.36. The molecule has 2 rings (SSSR count). The number of carbonyl (C=O) groups excluding carboxylic acids is 1. The second kappa shape index (κ2) is 4.38. The molecule has 0 aliphatic carbocycles. The minimum atomic E-state index is -2.03. The average molecular weight is 275 g/mol. The van der Waals surface area contributed by atoms with Crippen molar-refractivity contribution in [3.63, 3.8) is 0 Å². The lowest BCUT2D eigenvalue weighted by atomic mass is 10.1. The van der Waals surface area contributed by atoms with Crippen LogP contribution in [0, 0.1) is 18.7 Å². The van der Waals surface area contributed by atoms with Gasteiger partial charge in [-0.15, -0.1) is 4.79 Å². The van der Waals surface area contributed by atoms with Gasteiger partial charge in [0.2, 0.25) is 11.4 Å². The van der Waals surface area contributed by atoms with Crippen LogP contribution in [0.5, 0.6) is 0 Å². The summed E-state index contributed by atoms with van der Waals surface area (Å²) in [6.07, 6.45) is 0. The average Bonchev–Trinajstić information content (AvgIpc) is 2.38. The van der Waals surface area contributed by atoms with Crippen LogP contribution in [-0.4, -0.2) is 10.8 Å². The van der Waals surface area contributed by atoms with Crippen LogP contribution in [0.25, 0.3) is 10.9 Å². The van der Waals surface area contributed by atoms with E-state index in [1.54, 1.807) is 0 Å². The first-order valence-electron chi connectivity index (χ1n) is 4.92. The highest BCUT2D eigenvalue weighted by molar-refractivity contribution is 5.94. The molecule has 1 aromatic carbocycles. The third-order valence-corrected chi connectivity index (χ3v) is 2.63. The molecule has 2 aromatic rings. The molecule has 19 heavy (non-hydrogen) atoms.